The van der Waals surface area contributed by atoms with Crippen molar-refractivity contribution in [2.75, 3.05) is 5.73 Å². The summed E-state index contributed by atoms with van der Waals surface area (Å²) in [6.07, 6.45) is 0. The van der Waals surface area contributed by atoms with Crippen molar-refractivity contribution in [3.8, 4) is 23.0 Å². The SMILES string of the molecule is CC(C)c1ccc(-c2noc(-c3nonc3N)n2)cc1. The van der Waals surface area contributed by atoms with E-state index in [1.165, 1.54) is 5.56 Å². The van der Waals surface area contributed by atoms with Gasteiger partial charge in [0.1, 0.15) is 0 Å². The zero-order valence-corrected chi connectivity index (χ0v) is 11.1. The highest BCUT2D eigenvalue weighted by Gasteiger charge is 2.17. The maximum absolute atomic E-state index is 5.58. The van der Waals surface area contributed by atoms with E-state index in [1.807, 2.05) is 24.3 Å². The molecule has 0 fully saturated rings. The molecule has 0 aliphatic heterocycles. The summed E-state index contributed by atoms with van der Waals surface area (Å²) in [7, 11) is 0. The quantitative estimate of drug-likeness (QED) is 0.780. The fraction of sp³-hybridized carbons (Fsp3) is 0.231. The van der Waals surface area contributed by atoms with Gasteiger partial charge in [-0.3, -0.25) is 0 Å². The summed E-state index contributed by atoms with van der Waals surface area (Å²) >= 11 is 0. The van der Waals surface area contributed by atoms with Gasteiger partial charge in [0.25, 0.3) is 5.89 Å². The smallest absolute Gasteiger partial charge is 0.284 e. The molecule has 2 aromatic heterocycles. The lowest BCUT2D eigenvalue weighted by Gasteiger charge is -2.04. The molecule has 3 rings (SSSR count). The fourth-order valence-electron chi connectivity index (χ4n) is 1.80. The molecule has 0 aliphatic carbocycles. The highest BCUT2D eigenvalue weighted by Crippen LogP contribution is 2.25. The molecule has 1 aromatic carbocycles. The Morgan fingerprint density at radius 1 is 1.05 bits per heavy atom. The Kier molecular flexibility index (Phi) is 2.94. The number of nitrogens with zero attached hydrogens (tertiary/aromatic N) is 4. The van der Waals surface area contributed by atoms with Crippen LogP contribution in [-0.2, 0) is 0 Å². The average molecular weight is 271 g/mol. The van der Waals surface area contributed by atoms with Gasteiger partial charge in [-0.15, -0.1) is 0 Å². The van der Waals surface area contributed by atoms with E-state index in [-0.39, 0.29) is 17.4 Å². The van der Waals surface area contributed by atoms with Crippen LogP contribution in [0.25, 0.3) is 23.0 Å². The van der Waals surface area contributed by atoms with E-state index in [0.717, 1.165) is 5.56 Å². The van der Waals surface area contributed by atoms with Gasteiger partial charge in [-0.1, -0.05) is 43.3 Å². The standard InChI is InChI=1S/C13H13N5O2/c1-7(2)8-3-5-9(6-4-8)12-15-13(19-18-12)10-11(14)17-20-16-10/h3-7H,1-2H3,(H2,14,17). The Bertz CT molecular complexity index is 714. The maximum Gasteiger partial charge on any atom is 0.284 e. The van der Waals surface area contributed by atoms with E-state index in [1.54, 1.807) is 0 Å². The van der Waals surface area contributed by atoms with Crippen LogP contribution in [0.1, 0.15) is 25.3 Å². The number of nitrogen functional groups attached to an aromatic ring is 1. The zero-order chi connectivity index (χ0) is 14.1. The summed E-state index contributed by atoms with van der Waals surface area (Å²) in [5, 5.41) is 11.0. The van der Waals surface area contributed by atoms with Crippen LogP contribution in [0.2, 0.25) is 0 Å². The predicted octanol–water partition coefficient (Wildman–Crippen LogP) is 2.49. The fourth-order valence-corrected chi connectivity index (χ4v) is 1.80. The van der Waals surface area contributed by atoms with Crippen molar-refractivity contribution in [1.29, 1.82) is 0 Å². The molecule has 0 saturated carbocycles. The van der Waals surface area contributed by atoms with Gasteiger partial charge in [-0.05, 0) is 21.8 Å². The minimum Gasteiger partial charge on any atom is -0.379 e. The average Bonchev–Trinajstić information content (AvgIpc) is 3.07. The highest BCUT2D eigenvalue weighted by atomic mass is 16.6. The lowest BCUT2D eigenvalue weighted by molar-refractivity contribution is 0.308. The Morgan fingerprint density at radius 3 is 2.40 bits per heavy atom. The van der Waals surface area contributed by atoms with Gasteiger partial charge in [-0.2, -0.15) is 4.98 Å². The molecular formula is C13H13N5O2. The molecule has 0 atom stereocenters. The molecule has 7 heteroatoms. The van der Waals surface area contributed by atoms with Crippen molar-refractivity contribution < 1.29 is 9.15 Å². The lowest BCUT2D eigenvalue weighted by Crippen LogP contribution is -1.89. The largest absolute Gasteiger partial charge is 0.379 e. The van der Waals surface area contributed by atoms with Crippen molar-refractivity contribution in [2.45, 2.75) is 19.8 Å². The number of nitrogens with two attached hydrogens (primary N) is 1. The first kappa shape index (κ1) is 12.3. The number of rotatable bonds is 3. The topological polar surface area (TPSA) is 104 Å². The molecule has 0 aliphatic rings. The summed E-state index contributed by atoms with van der Waals surface area (Å²) < 4.78 is 9.62. The first-order valence-corrected chi connectivity index (χ1v) is 6.17. The number of anilines is 1. The predicted molar refractivity (Wildman–Crippen MR) is 71.5 cm³/mol. The second kappa shape index (κ2) is 4.76. The van der Waals surface area contributed by atoms with Gasteiger partial charge >= 0.3 is 0 Å². The van der Waals surface area contributed by atoms with E-state index in [0.29, 0.717) is 11.7 Å². The first-order valence-electron chi connectivity index (χ1n) is 6.17. The molecule has 0 amide bonds. The van der Waals surface area contributed by atoms with E-state index in [4.69, 9.17) is 10.3 Å². The number of hydrogen-bond acceptors (Lipinski definition) is 7. The van der Waals surface area contributed by atoms with Crippen molar-refractivity contribution in [1.82, 2.24) is 20.5 Å². The molecule has 0 spiro atoms. The third kappa shape index (κ3) is 2.13. The summed E-state index contributed by atoms with van der Waals surface area (Å²) in [4.78, 5) is 4.24. The number of aromatic nitrogens is 4. The van der Waals surface area contributed by atoms with Crippen LogP contribution >= 0.6 is 0 Å². The third-order valence-electron chi connectivity index (χ3n) is 2.98. The number of hydrogen-bond donors (Lipinski definition) is 1. The maximum atomic E-state index is 5.58. The van der Waals surface area contributed by atoms with E-state index in [9.17, 15) is 0 Å². The van der Waals surface area contributed by atoms with E-state index in [2.05, 4.69) is 38.9 Å². The molecule has 0 radical (unpaired) electrons. The molecule has 3 aromatic rings. The van der Waals surface area contributed by atoms with Gasteiger partial charge in [0.2, 0.25) is 17.3 Å². The van der Waals surface area contributed by atoms with Crippen LogP contribution in [0.5, 0.6) is 0 Å². The van der Waals surface area contributed by atoms with Crippen LogP contribution in [0, 0.1) is 0 Å². The second-order valence-electron chi connectivity index (χ2n) is 4.70. The molecule has 0 saturated heterocycles. The van der Waals surface area contributed by atoms with Crippen molar-refractivity contribution >= 4 is 5.82 Å². The van der Waals surface area contributed by atoms with E-state index >= 15 is 0 Å². The van der Waals surface area contributed by atoms with Crippen LogP contribution in [0.4, 0.5) is 5.82 Å². The molecular weight excluding hydrogens is 258 g/mol. The summed E-state index contributed by atoms with van der Waals surface area (Å²) in [5.41, 5.74) is 7.94. The zero-order valence-electron chi connectivity index (χ0n) is 11.1. The Labute approximate surface area is 114 Å². The van der Waals surface area contributed by atoms with Crippen LogP contribution < -0.4 is 5.73 Å². The Hall–Kier alpha value is -2.70. The number of benzene rings is 1. The molecule has 2 heterocycles. The minimum atomic E-state index is 0.121. The summed E-state index contributed by atoms with van der Waals surface area (Å²) in [6, 6.07) is 7.99. The van der Waals surface area contributed by atoms with Crippen LogP contribution in [0.3, 0.4) is 0 Å². The van der Waals surface area contributed by atoms with Crippen LogP contribution in [-0.4, -0.2) is 20.5 Å². The third-order valence-corrected chi connectivity index (χ3v) is 2.98. The van der Waals surface area contributed by atoms with Crippen molar-refractivity contribution in [3.63, 3.8) is 0 Å². The van der Waals surface area contributed by atoms with Crippen LogP contribution in [0.15, 0.2) is 33.4 Å². The second-order valence-corrected chi connectivity index (χ2v) is 4.70. The van der Waals surface area contributed by atoms with Gasteiger partial charge in [0.05, 0.1) is 0 Å². The normalized spacial score (nSPS) is 11.2. The van der Waals surface area contributed by atoms with Gasteiger partial charge in [0, 0.05) is 5.56 Å². The van der Waals surface area contributed by atoms with Crippen molar-refractivity contribution in [2.24, 2.45) is 0 Å². The minimum absolute atomic E-state index is 0.121. The molecule has 102 valence electrons. The molecule has 0 bridgehead atoms. The van der Waals surface area contributed by atoms with Crippen molar-refractivity contribution in [3.05, 3.63) is 29.8 Å². The molecule has 0 unspecified atom stereocenters. The molecule has 20 heavy (non-hydrogen) atoms. The van der Waals surface area contributed by atoms with Gasteiger partial charge in [-0.25, -0.2) is 4.63 Å². The highest BCUT2D eigenvalue weighted by molar-refractivity contribution is 5.63. The summed E-state index contributed by atoms with van der Waals surface area (Å²) in [6.45, 7) is 4.28. The van der Waals surface area contributed by atoms with Gasteiger partial charge in [0.15, 0.2) is 0 Å². The van der Waals surface area contributed by atoms with E-state index < -0.39 is 0 Å². The van der Waals surface area contributed by atoms with Gasteiger partial charge < -0.3 is 10.3 Å². The summed E-state index contributed by atoms with van der Waals surface area (Å²) in [5.74, 6) is 1.26. The first-order chi connectivity index (χ1) is 9.65. The monoisotopic (exact) mass is 271 g/mol. The molecule has 7 nitrogen and oxygen atoms in total. The Balaban J connectivity index is 1.92. The lowest BCUT2D eigenvalue weighted by atomic mass is 10.0. The molecule has 2 N–H and O–H groups in total. The Morgan fingerprint density at radius 2 is 1.80 bits per heavy atom.